The zero-order valence-corrected chi connectivity index (χ0v) is 9.71. The van der Waals surface area contributed by atoms with Gasteiger partial charge in [0.1, 0.15) is 6.29 Å². The van der Waals surface area contributed by atoms with E-state index in [-0.39, 0.29) is 5.92 Å². The molecule has 1 heterocycles. The molecule has 1 unspecified atom stereocenters. The Morgan fingerprint density at radius 1 is 1.06 bits per heavy atom. The number of aromatic nitrogens is 2. The molecule has 1 aromatic heterocycles. The Morgan fingerprint density at radius 3 is 2.67 bits per heavy atom. The number of nitrogens with one attached hydrogen (secondary N) is 1. The Labute approximate surface area is 104 Å². The highest BCUT2D eigenvalue weighted by Crippen LogP contribution is 2.24. The van der Waals surface area contributed by atoms with Crippen LogP contribution in [0, 0.1) is 0 Å². The Balaban J connectivity index is 2.08. The number of rotatable bonds is 3. The average molecular weight is 236 g/mol. The topological polar surface area (TPSA) is 45.8 Å². The van der Waals surface area contributed by atoms with E-state index in [0.29, 0.717) is 0 Å². The van der Waals surface area contributed by atoms with Gasteiger partial charge in [0.2, 0.25) is 0 Å². The van der Waals surface area contributed by atoms with Crippen molar-refractivity contribution in [1.82, 2.24) is 9.97 Å². The maximum atomic E-state index is 11.4. The van der Waals surface area contributed by atoms with E-state index in [1.807, 2.05) is 48.5 Å². The smallest absolute Gasteiger partial charge is 0.131 e. The molecule has 0 radical (unpaired) electrons. The van der Waals surface area contributed by atoms with Gasteiger partial charge in [0, 0.05) is 0 Å². The summed E-state index contributed by atoms with van der Waals surface area (Å²) in [6, 6.07) is 15.6. The minimum Gasteiger partial charge on any atom is -0.345 e. The number of H-pyrrole nitrogens is 1. The predicted molar refractivity (Wildman–Crippen MR) is 70.4 cm³/mol. The second-order valence-corrected chi connectivity index (χ2v) is 4.20. The van der Waals surface area contributed by atoms with E-state index in [2.05, 4.69) is 9.97 Å². The fraction of sp³-hybridized carbons (Fsp3) is 0.0667. The number of hydrogen-bond acceptors (Lipinski definition) is 2. The number of benzene rings is 2. The molecule has 3 nitrogen and oxygen atoms in total. The van der Waals surface area contributed by atoms with E-state index in [1.165, 1.54) is 0 Å². The van der Waals surface area contributed by atoms with Crippen LogP contribution < -0.4 is 0 Å². The summed E-state index contributed by atoms with van der Waals surface area (Å²) in [5.74, 6) is -0.223. The molecule has 0 aliphatic heterocycles. The van der Waals surface area contributed by atoms with Gasteiger partial charge in [-0.15, -0.1) is 0 Å². The quantitative estimate of drug-likeness (QED) is 0.711. The largest absolute Gasteiger partial charge is 0.345 e. The maximum Gasteiger partial charge on any atom is 0.131 e. The van der Waals surface area contributed by atoms with Crippen molar-refractivity contribution in [2.24, 2.45) is 0 Å². The summed E-state index contributed by atoms with van der Waals surface area (Å²) in [7, 11) is 0. The van der Waals surface area contributed by atoms with E-state index < -0.39 is 0 Å². The lowest BCUT2D eigenvalue weighted by molar-refractivity contribution is -0.108. The lowest BCUT2D eigenvalue weighted by Gasteiger charge is -2.10. The molecule has 0 saturated heterocycles. The molecule has 3 heteroatoms. The Hall–Kier alpha value is -2.42. The first-order valence-corrected chi connectivity index (χ1v) is 5.82. The van der Waals surface area contributed by atoms with Gasteiger partial charge in [-0.2, -0.15) is 0 Å². The first-order valence-electron chi connectivity index (χ1n) is 5.82. The highest BCUT2D eigenvalue weighted by Gasteiger charge is 2.13. The van der Waals surface area contributed by atoms with Crippen LogP contribution in [0.2, 0.25) is 0 Å². The minimum atomic E-state index is -0.223. The molecule has 0 bridgehead atoms. The van der Waals surface area contributed by atoms with Crippen LogP contribution in [0.25, 0.3) is 11.0 Å². The summed E-state index contributed by atoms with van der Waals surface area (Å²) >= 11 is 0. The third-order valence-corrected chi connectivity index (χ3v) is 3.10. The van der Waals surface area contributed by atoms with Crippen molar-refractivity contribution in [2.75, 3.05) is 0 Å². The van der Waals surface area contributed by atoms with Crippen LogP contribution in [-0.2, 0) is 4.79 Å². The van der Waals surface area contributed by atoms with Crippen molar-refractivity contribution in [2.45, 2.75) is 5.92 Å². The van der Waals surface area contributed by atoms with Gasteiger partial charge in [0.25, 0.3) is 0 Å². The molecular formula is C15H12N2O. The van der Waals surface area contributed by atoms with E-state index >= 15 is 0 Å². The fourth-order valence-corrected chi connectivity index (χ4v) is 2.16. The van der Waals surface area contributed by atoms with Gasteiger partial charge in [-0.25, -0.2) is 4.98 Å². The van der Waals surface area contributed by atoms with Crippen molar-refractivity contribution in [3.05, 3.63) is 66.0 Å². The van der Waals surface area contributed by atoms with E-state index in [0.717, 1.165) is 28.4 Å². The molecule has 3 aromatic rings. The number of fused-ring (bicyclic) bond motifs is 1. The molecule has 0 aliphatic carbocycles. The molecular weight excluding hydrogens is 224 g/mol. The van der Waals surface area contributed by atoms with Gasteiger partial charge in [0.05, 0.1) is 23.3 Å². The van der Waals surface area contributed by atoms with Crippen molar-refractivity contribution in [1.29, 1.82) is 0 Å². The molecule has 88 valence electrons. The molecule has 3 rings (SSSR count). The van der Waals surface area contributed by atoms with Crippen molar-refractivity contribution in [3.63, 3.8) is 0 Å². The zero-order valence-electron chi connectivity index (χ0n) is 9.71. The summed E-state index contributed by atoms with van der Waals surface area (Å²) in [4.78, 5) is 18.6. The normalized spacial score (nSPS) is 12.4. The van der Waals surface area contributed by atoms with Gasteiger partial charge in [-0.1, -0.05) is 36.4 Å². The number of hydrogen-bond donors (Lipinski definition) is 1. The highest BCUT2D eigenvalue weighted by atomic mass is 16.1. The fourth-order valence-electron chi connectivity index (χ4n) is 2.16. The molecule has 0 aliphatic rings. The first kappa shape index (κ1) is 10.7. The molecule has 2 aromatic carbocycles. The van der Waals surface area contributed by atoms with Crippen LogP contribution in [0.3, 0.4) is 0 Å². The van der Waals surface area contributed by atoms with E-state index in [4.69, 9.17) is 0 Å². The molecule has 0 spiro atoms. The van der Waals surface area contributed by atoms with E-state index in [1.54, 1.807) is 6.33 Å². The number of aldehydes is 1. The standard InChI is InChI=1S/C15H12N2O/c18-9-13(11-4-2-1-3-5-11)12-6-7-14-15(8-12)17-10-16-14/h1-10,13H,(H,16,17). The summed E-state index contributed by atoms with van der Waals surface area (Å²) in [5.41, 5.74) is 3.85. The van der Waals surface area contributed by atoms with Crippen molar-refractivity contribution in [3.8, 4) is 0 Å². The third kappa shape index (κ3) is 1.80. The van der Waals surface area contributed by atoms with Crippen LogP contribution >= 0.6 is 0 Å². The highest BCUT2D eigenvalue weighted by molar-refractivity contribution is 5.78. The van der Waals surface area contributed by atoms with Crippen molar-refractivity contribution < 1.29 is 4.79 Å². The van der Waals surface area contributed by atoms with Crippen LogP contribution in [-0.4, -0.2) is 16.3 Å². The lowest BCUT2D eigenvalue weighted by atomic mass is 9.92. The monoisotopic (exact) mass is 236 g/mol. The summed E-state index contributed by atoms with van der Waals surface area (Å²) in [6.07, 6.45) is 2.64. The number of imidazole rings is 1. The molecule has 18 heavy (non-hydrogen) atoms. The molecule has 1 atom stereocenters. The Morgan fingerprint density at radius 2 is 1.89 bits per heavy atom. The van der Waals surface area contributed by atoms with Crippen LogP contribution in [0.1, 0.15) is 17.0 Å². The number of nitrogens with zero attached hydrogens (tertiary/aromatic N) is 1. The third-order valence-electron chi connectivity index (χ3n) is 3.10. The molecule has 1 N–H and O–H groups in total. The summed E-state index contributed by atoms with van der Waals surface area (Å²) in [5, 5.41) is 0. The SMILES string of the molecule is O=CC(c1ccccc1)c1ccc2nc[nH]c2c1. The van der Waals surface area contributed by atoms with Crippen molar-refractivity contribution >= 4 is 17.3 Å². The van der Waals surface area contributed by atoms with Gasteiger partial charge >= 0.3 is 0 Å². The van der Waals surface area contributed by atoms with Gasteiger partial charge < -0.3 is 9.78 Å². The minimum absolute atomic E-state index is 0.223. The van der Waals surface area contributed by atoms with Gasteiger partial charge in [-0.05, 0) is 23.3 Å². The van der Waals surface area contributed by atoms with E-state index in [9.17, 15) is 4.79 Å². The second-order valence-electron chi connectivity index (χ2n) is 4.20. The second kappa shape index (κ2) is 4.45. The zero-order chi connectivity index (χ0) is 12.4. The maximum absolute atomic E-state index is 11.4. The Bertz CT molecular complexity index is 673. The molecule has 0 saturated carbocycles. The number of carbonyl (C=O) groups excluding carboxylic acids is 1. The van der Waals surface area contributed by atoms with Gasteiger partial charge in [0.15, 0.2) is 0 Å². The van der Waals surface area contributed by atoms with Gasteiger partial charge in [-0.3, -0.25) is 0 Å². The first-order chi connectivity index (χ1) is 8.88. The molecule has 0 amide bonds. The van der Waals surface area contributed by atoms with Crippen LogP contribution in [0.5, 0.6) is 0 Å². The average Bonchev–Trinajstić information content (AvgIpc) is 2.88. The van der Waals surface area contributed by atoms with Crippen LogP contribution in [0.15, 0.2) is 54.9 Å². The number of aromatic amines is 1. The predicted octanol–water partition coefficient (Wildman–Crippen LogP) is 2.89. The Kier molecular flexibility index (Phi) is 2.65. The summed E-state index contributed by atoms with van der Waals surface area (Å²) < 4.78 is 0. The summed E-state index contributed by atoms with van der Waals surface area (Å²) in [6.45, 7) is 0. The lowest BCUT2D eigenvalue weighted by Crippen LogP contribution is -2.02. The number of carbonyl (C=O) groups is 1. The molecule has 0 fully saturated rings. The van der Waals surface area contributed by atoms with Crippen LogP contribution in [0.4, 0.5) is 0 Å².